The first-order chi connectivity index (χ1) is 10.7. The van der Waals surface area contributed by atoms with E-state index in [1.54, 1.807) is 6.07 Å². The smallest absolute Gasteiger partial charge is 0.408 e. The molecule has 1 aromatic rings. The summed E-state index contributed by atoms with van der Waals surface area (Å²) in [6.07, 6.45) is 2.52. The van der Waals surface area contributed by atoms with Crippen LogP contribution in [0.2, 0.25) is 0 Å². The molecule has 1 aliphatic rings. The molecule has 0 unspecified atom stereocenters. The Balaban J connectivity index is 1.87. The van der Waals surface area contributed by atoms with Crippen molar-refractivity contribution in [2.45, 2.75) is 64.6 Å². The van der Waals surface area contributed by atoms with Crippen molar-refractivity contribution in [2.24, 2.45) is 0 Å². The molecule has 0 bridgehead atoms. The van der Waals surface area contributed by atoms with E-state index in [1.165, 1.54) is 6.07 Å². The Morgan fingerprint density at radius 2 is 2.04 bits per heavy atom. The predicted molar refractivity (Wildman–Crippen MR) is 88.8 cm³/mol. The van der Waals surface area contributed by atoms with E-state index in [2.05, 4.69) is 10.6 Å². The van der Waals surface area contributed by atoms with E-state index in [-0.39, 0.29) is 17.4 Å². The van der Waals surface area contributed by atoms with Gasteiger partial charge in [0.25, 0.3) is 0 Å². The lowest BCUT2D eigenvalue weighted by Crippen LogP contribution is -2.59. The molecule has 0 atom stereocenters. The fraction of sp³-hybridized carbons (Fsp3) is 0.611. The molecule has 1 aromatic carbocycles. The van der Waals surface area contributed by atoms with E-state index in [4.69, 9.17) is 4.74 Å². The topological polar surface area (TPSA) is 50.4 Å². The van der Waals surface area contributed by atoms with E-state index in [0.29, 0.717) is 18.7 Å². The van der Waals surface area contributed by atoms with Crippen LogP contribution in [0.25, 0.3) is 0 Å². The molecule has 1 amide bonds. The zero-order chi connectivity index (χ0) is 17.1. The minimum absolute atomic E-state index is 0.203. The molecule has 0 heterocycles. The predicted octanol–water partition coefficient (Wildman–Crippen LogP) is 3.67. The lowest BCUT2D eigenvalue weighted by Gasteiger charge is -2.42. The quantitative estimate of drug-likeness (QED) is 0.869. The van der Waals surface area contributed by atoms with Crippen LogP contribution in [0.5, 0.6) is 0 Å². The molecule has 5 heteroatoms. The molecule has 1 fully saturated rings. The Morgan fingerprint density at radius 1 is 1.35 bits per heavy atom. The molecule has 0 radical (unpaired) electrons. The number of halogens is 1. The maximum absolute atomic E-state index is 13.8. The van der Waals surface area contributed by atoms with Gasteiger partial charge in [-0.05, 0) is 53.0 Å². The average Bonchev–Trinajstić information content (AvgIpc) is 2.37. The van der Waals surface area contributed by atoms with Crippen molar-refractivity contribution in [1.82, 2.24) is 10.6 Å². The van der Waals surface area contributed by atoms with E-state index in [1.807, 2.05) is 33.8 Å². The Kier molecular flexibility index (Phi) is 5.30. The fourth-order valence-corrected chi connectivity index (χ4v) is 2.75. The van der Waals surface area contributed by atoms with Crippen LogP contribution >= 0.6 is 0 Å². The molecule has 23 heavy (non-hydrogen) atoms. The van der Waals surface area contributed by atoms with E-state index < -0.39 is 5.60 Å². The fourth-order valence-electron chi connectivity index (χ4n) is 2.75. The van der Waals surface area contributed by atoms with E-state index >= 15 is 0 Å². The van der Waals surface area contributed by atoms with Gasteiger partial charge in [0, 0.05) is 18.7 Å². The zero-order valence-electron chi connectivity index (χ0n) is 14.5. The highest BCUT2D eigenvalue weighted by molar-refractivity contribution is 5.69. The standard InChI is InChI=1S/C18H27FN2O2/c1-13-6-7-15(19)14(10-13)11-20-12-18(8-5-9-18)21-16(22)23-17(2,3)4/h6-7,10,20H,5,8-9,11-12H2,1-4H3,(H,21,22). The molecule has 2 rings (SSSR count). The van der Waals surface area contributed by atoms with Gasteiger partial charge in [-0.3, -0.25) is 0 Å². The number of amides is 1. The van der Waals surface area contributed by atoms with Gasteiger partial charge in [-0.2, -0.15) is 0 Å². The number of nitrogens with one attached hydrogen (secondary N) is 2. The lowest BCUT2D eigenvalue weighted by atomic mass is 9.76. The van der Waals surface area contributed by atoms with Gasteiger partial charge in [-0.15, -0.1) is 0 Å². The monoisotopic (exact) mass is 322 g/mol. The first-order valence-electron chi connectivity index (χ1n) is 8.16. The second-order valence-electron chi connectivity index (χ2n) is 7.46. The number of ether oxygens (including phenoxy) is 1. The normalized spacial score (nSPS) is 16.6. The number of carbonyl (C=O) groups excluding carboxylic acids is 1. The van der Waals surface area contributed by atoms with Crippen LogP contribution in [0.15, 0.2) is 18.2 Å². The van der Waals surface area contributed by atoms with Crippen LogP contribution in [0.4, 0.5) is 9.18 Å². The third kappa shape index (κ3) is 5.20. The van der Waals surface area contributed by atoms with Gasteiger partial charge in [0.2, 0.25) is 0 Å². The summed E-state index contributed by atoms with van der Waals surface area (Å²) in [5.74, 6) is -0.203. The largest absolute Gasteiger partial charge is 0.444 e. The summed E-state index contributed by atoms with van der Waals surface area (Å²) in [6.45, 7) is 8.54. The summed E-state index contributed by atoms with van der Waals surface area (Å²) in [5, 5.41) is 6.25. The highest BCUT2D eigenvalue weighted by Crippen LogP contribution is 2.31. The molecule has 0 saturated heterocycles. The highest BCUT2D eigenvalue weighted by Gasteiger charge is 2.39. The number of benzene rings is 1. The number of hydrogen-bond donors (Lipinski definition) is 2. The van der Waals surface area contributed by atoms with Crippen molar-refractivity contribution in [2.75, 3.05) is 6.54 Å². The molecular formula is C18H27FN2O2. The van der Waals surface area contributed by atoms with E-state index in [9.17, 15) is 9.18 Å². The van der Waals surface area contributed by atoms with Crippen LogP contribution in [0.1, 0.15) is 51.2 Å². The van der Waals surface area contributed by atoms with Crippen LogP contribution in [-0.2, 0) is 11.3 Å². The number of hydrogen-bond acceptors (Lipinski definition) is 3. The van der Waals surface area contributed by atoms with Gasteiger partial charge in [0.1, 0.15) is 11.4 Å². The van der Waals surface area contributed by atoms with E-state index in [0.717, 1.165) is 24.8 Å². The van der Waals surface area contributed by atoms with Gasteiger partial charge in [0.05, 0.1) is 5.54 Å². The number of carbonyl (C=O) groups is 1. The van der Waals surface area contributed by atoms with Gasteiger partial charge < -0.3 is 15.4 Å². The summed E-state index contributed by atoms with van der Waals surface area (Å²) in [5.41, 5.74) is 0.903. The number of rotatable bonds is 5. The molecule has 1 saturated carbocycles. The van der Waals surface area contributed by atoms with Crippen LogP contribution in [0, 0.1) is 12.7 Å². The molecule has 2 N–H and O–H groups in total. The average molecular weight is 322 g/mol. The number of alkyl carbamates (subject to hydrolysis) is 1. The third-order valence-corrected chi connectivity index (χ3v) is 4.06. The zero-order valence-corrected chi connectivity index (χ0v) is 14.5. The second kappa shape index (κ2) is 6.87. The summed E-state index contributed by atoms with van der Waals surface area (Å²) >= 11 is 0. The minimum atomic E-state index is -0.507. The molecular weight excluding hydrogens is 295 g/mol. The van der Waals surface area contributed by atoms with Crippen LogP contribution < -0.4 is 10.6 Å². The van der Waals surface area contributed by atoms with Crippen molar-refractivity contribution < 1.29 is 13.9 Å². The van der Waals surface area contributed by atoms with Crippen molar-refractivity contribution in [3.8, 4) is 0 Å². The Hall–Kier alpha value is -1.62. The van der Waals surface area contributed by atoms with Gasteiger partial charge in [-0.25, -0.2) is 9.18 Å². The Labute approximate surface area is 137 Å². The Bertz CT molecular complexity index is 563. The Morgan fingerprint density at radius 3 is 2.61 bits per heavy atom. The molecule has 128 valence electrons. The number of aryl methyl sites for hydroxylation is 1. The molecule has 4 nitrogen and oxygen atoms in total. The SMILES string of the molecule is Cc1ccc(F)c(CNCC2(NC(=O)OC(C)(C)C)CCC2)c1. The first kappa shape index (κ1) is 17.7. The molecule has 1 aliphatic carbocycles. The van der Waals surface area contributed by atoms with Crippen LogP contribution in [0.3, 0.4) is 0 Å². The first-order valence-corrected chi connectivity index (χ1v) is 8.16. The summed E-state index contributed by atoms with van der Waals surface area (Å²) in [7, 11) is 0. The van der Waals surface area contributed by atoms with Crippen molar-refractivity contribution in [1.29, 1.82) is 0 Å². The van der Waals surface area contributed by atoms with Gasteiger partial charge >= 0.3 is 6.09 Å². The lowest BCUT2D eigenvalue weighted by molar-refractivity contribution is 0.0382. The summed E-state index contributed by atoms with van der Waals surface area (Å²) in [4.78, 5) is 12.0. The van der Waals surface area contributed by atoms with Crippen LogP contribution in [-0.4, -0.2) is 23.8 Å². The minimum Gasteiger partial charge on any atom is -0.444 e. The molecule has 0 spiro atoms. The van der Waals surface area contributed by atoms with Crippen molar-refractivity contribution in [3.05, 3.63) is 35.1 Å². The summed E-state index contributed by atoms with van der Waals surface area (Å²) < 4.78 is 19.1. The third-order valence-electron chi connectivity index (χ3n) is 4.06. The van der Waals surface area contributed by atoms with Gasteiger partial charge in [-0.1, -0.05) is 17.7 Å². The second-order valence-corrected chi connectivity index (χ2v) is 7.46. The van der Waals surface area contributed by atoms with Crippen molar-refractivity contribution >= 4 is 6.09 Å². The maximum atomic E-state index is 13.8. The molecule has 0 aromatic heterocycles. The maximum Gasteiger partial charge on any atom is 0.408 e. The van der Waals surface area contributed by atoms with Crippen molar-refractivity contribution in [3.63, 3.8) is 0 Å². The summed E-state index contributed by atoms with van der Waals surface area (Å²) in [6, 6.07) is 5.10. The van der Waals surface area contributed by atoms with Gasteiger partial charge in [0.15, 0.2) is 0 Å². The highest BCUT2D eigenvalue weighted by atomic mass is 19.1. The molecule has 0 aliphatic heterocycles.